The topological polar surface area (TPSA) is 634 Å². The number of rotatable bonds is 21. The molecule has 111 heavy (non-hydrogen) atoms. The zero-order valence-corrected chi connectivity index (χ0v) is 57.3. The van der Waals surface area contributed by atoms with Crippen LogP contribution in [0.25, 0.3) is 36.5 Å². The van der Waals surface area contributed by atoms with Gasteiger partial charge in [0.1, 0.15) is 30.5 Å². The Labute approximate surface area is 625 Å². The van der Waals surface area contributed by atoms with Crippen molar-refractivity contribution in [2.45, 2.75) is 110 Å². The van der Waals surface area contributed by atoms with Gasteiger partial charge in [-0.05, 0) is 143 Å². The fraction of sp³-hybridized carbons (Fsp3) is 0.240. The van der Waals surface area contributed by atoms with Crippen LogP contribution in [0, 0.1) is 0 Å². The number of phenols is 12. The summed E-state index contributed by atoms with van der Waals surface area (Å²) in [6, 6.07) is 22.5. The molecule has 36 heteroatoms. The highest BCUT2D eigenvalue weighted by Gasteiger charge is 2.55. The molecular formula is C75H72O36. The smallest absolute Gasteiger partial charge is 0.335 e. The summed E-state index contributed by atoms with van der Waals surface area (Å²) in [4.78, 5) is 109. The van der Waals surface area contributed by atoms with Crippen LogP contribution in [0.3, 0.4) is 0 Å². The maximum absolute atomic E-state index is 12.4. The van der Waals surface area contributed by atoms with Gasteiger partial charge >= 0.3 is 53.7 Å². The normalized spacial score (nSPS) is 23.7. The zero-order chi connectivity index (χ0) is 82.0. The van der Waals surface area contributed by atoms with Crippen molar-refractivity contribution < 1.29 is 179 Å². The molecule has 3 aliphatic carbocycles. The minimum Gasteiger partial charge on any atom is -0.504 e. The quantitative estimate of drug-likeness (QED) is 0.0213. The third-order valence-electron chi connectivity index (χ3n) is 16.7. The number of carboxylic acids is 3. The molecule has 6 aromatic carbocycles. The minimum atomic E-state index is -2.48. The fourth-order valence-corrected chi connectivity index (χ4v) is 10.9. The maximum atomic E-state index is 12.4. The first kappa shape index (κ1) is 84.6. The molecule has 0 amide bonds. The first-order chi connectivity index (χ1) is 52.1. The second-order valence-electron chi connectivity index (χ2n) is 25.1. The average molecular weight is 1550 g/mol. The molecule has 588 valence electrons. The highest BCUT2D eigenvalue weighted by molar-refractivity contribution is 5.91. The standard InChI is InChI=1S/3C25H24O12/c26-15-5-1-13(9-17(15)28)3-7-21(30)36-19-11-25(35,24(33)34)12-20(23(19)32)37-22(31)8-4-14-2-6-16(27)18(29)10-14;2*26-15-5-1-13(9-17(15)28)3-7-21(31)36-20-12-25(35,24(33)34)11-19(30)23(20)37-22(32)8-4-14-2-6-16(27)18(29)10-14/h1-10,19-20,23,26-29,32,35H,11-12H2,(H,33,34);2*1-10,19-20,23,26-30,35H,11-12H2,(H,33,34)/b3*7-3+,8-4+/t19-,20-,23?,25?;19-,20-,23+,25-;19-,20-,23-,25+/m111/s1. The van der Waals surface area contributed by atoms with Crippen molar-refractivity contribution in [1.82, 2.24) is 0 Å². The molecule has 0 aromatic heterocycles. The van der Waals surface area contributed by atoms with E-state index in [0.29, 0.717) is 33.4 Å². The molecule has 0 saturated heterocycles. The summed E-state index contributed by atoms with van der Waals surface area (Å²) < 4.78 is 31.1. The molecule has 0 heterocycles. The number of carbonyl (C=O) groups excluding carboxylic acids is 6. The molecule has 0 radical (unpaired) electrons. The SMILES string of the molecule is O=C(/C=C/c1ccc(O)c(O)c1)O[C@@H]1CC(O)(C(=O)O)C[C@@H](OC(=O)/C=C/c2ccc(O)c(O)c2)C1O.O=C(/C=C/c1ccc(O)c(O)c1)O[C@@H]1[C@H](O)C[C@@](O)(C(=O)O)C[C@H]1OC(=O)/C=C/c1ccc(O)c(O)c1.O=C(/C=C/c1ccc(O)c(O)c1)O[C@H]1[C@H](O)C[C@](O)(C(=O)O)C[C@H]1OC(=O)/C=C/c1ccc(O)c(O)c1. The molecule has 9 rings (SSSR count). The van der Waals surface area contributed by atoms with Gasteiger partial charge in [0, 0.05) is 75.0 Å². The Bertz CT molecular complexity index is 4390. The number of carboxylic acid groups (broad SMARTS) is 3. The predicted octanol–water partition coefficient (Wildman–Crippen LogP) is 3.09. The summed E-state index contributed by atoms with van der Waals surface area (Å²) in [5, 5.41) is 204. The number of carbonyl (C=O) groups is 9. The van der Waals surface area contributed by atoms with Gasteiger partial charge in [-0.1, -0.05) is 36.4 Å². The summed E-state index contributed by atoms with van der Waals surface area (Å²) >= 11 is 0. The maximum Gasteiger partial charge on any atom is 0.335 e. The lowest BCUT2D eigenvalue weighted by atomic mass is 9.79. The Morgan fingerprint density at radius 3 is 0.649 bits per heavy atom. The van der Waals surface area contributed by atoms with E-state index >= 15 is 0 Å². The molecule has 10 atom stereocenters. The molecular weight excluding hydrogens is 1480 g/mol. The van der Waals surface area contributed by atoms with Crippen molar-refractivity contribution in [1.29, 1.82) is 0 Å². The zero-order valence-electron chi connectivity index (χ0n) is 57.3. The van der Waals surface area contributed by atoms with Gasteiger partial charge in [0.05, 0.1) is 12.2 Å². The number of hydrogen-bond donors (Lipinski definition) is 21. The van der Waals surface area contributed by atoms with E-state index in [4.69, 9.17) is 28.4 Å². The number of aliphatic hydroxyl groups excluding tert-OH is 3. The first-order valence-electron chi connectivity index (χ1n) is 32.5. The van der Waals surface area contributed by atoms with Crippen molar-refractivity contribution in [3.8, 4) is 69.0 Å². The van der Waals surface area contributed by atoms with Gasteiger partial charge in [-0.3, -0.25) is 0 Å². The van der Waals surface area contributed by atoms with Crippen LogP contribution < -0.4 is 0 Å². The lowest BCUT2D eigenvalue weighted by Gasteiger charge is -2.40. The van der Waals surface area contributed by atoms with E-state index in [9.17, 15) is 150 Å². The lowest BCUT2D eigenvalue weighted by Crippen LogP contribution is -2.58. The molecule has 3 saturated carbocycles. The first-order valence-corrected chi connectivity index (χ1v) is 32.5. The molecule has 0 spiro atoms. The number of esters is 6. The van der Waals surface area contributed by atoms with E-state index in [2.05, 4.69) is 0 Å². The van der Waals surface area contributed by atoms with Gasteiger partial charge in [-0.25, -0.2) is 43.2 Å². The second kappa shape index (κ2) is 36.8. The van der Waals surface area contributed by atoms with Gasteiger partial charge in [-0.2, -0.15) is 0 Å². The van der Waals surface area contributed by atoms with Crippen molar-refractivity contribution >= 4 is 90.2 Å². The minimum absolute atomic E-state index is 0.311. The average Bonchev–Trinajstić information content (AvgIpc) is 0.795. The largest absolute Gasteiger partial charge is 0.504 e. The number of benzene rings is 6. The Morgan fingerprint density at radius 2 is 0.450 bits per heavy atom. The highest BCUT2D eigenvalue weighted by atomic mass is 16.6. The van der Waals surface area contributed by atoms with Crippen LogP contribution in [0.15, 0.2) is 146 Å². The van der Waals surface area contributed by atoms with E-state index in [1.165, 1.54) is 134 Å². The van der Waals surface area contributed by atoms with Crippen molar-refractivity contribution in [3.63, 3.8) is 0 Å². The van der Waals surface area contributed by atoms with Crippen LogP contribution in [-0.4, -0.2) is 233 Å². The van der Waals surface area contributed by atoms with Crippen molar-refractivity contribution in [2.24, 2.45) is 0 Å². The van der Waals surface area contributed by atoms with Crippen LogP contribution >= 0.6 is 0 Å². The van der Waals surface area contributed by atoms with Gasteiger partial charge in [-0.15, -0.1) is 0 Å². The fourth-order valence-electron chi connectivity index (χ4n) is 10.9. The van der Waals surface area contributed by atoms with Crippen LogP contribution in [0.4, 0.5) is 0 Å². The van der Waals surface area contributed by atoms with Crippen molar-refractivity contribution in [3.05, 3.63) is 179 Å². The highest BCUT2D eigenvalue weighted by Crippen LogP contribution is 2.38. The van der Waals surface area contributed by atoms with E-state index in [-0.39, 0.29) is 34.5 Å². The number of phenolic OH excluding ortho intramolecular Hbond substituents is 12. The summed E-state index contributed by atoms with van der Waals surface area (Å²) in [5.41, 5.74) is -5.49. The second-order valence-corrected chi connectivity index (χ2v) is 25.1. The van der Waals surface area contributed by atoms with E-state index in [1.54, 1.807) is 0 Å². The van der Waals surface area contributed by atoms with E-state index in [1.807, 2.05) is 0 Å². The third-order valence-corrected chi connectivity index (χ3v) is 16.7. The number of ether oxygens (including phenoxy) is 6. The van der Waals surface area contributed by atoms with Crippen molar-refractivity contribution in [2.75, 3.05) is 0 Å². The number of aliphatic hydroxyl groups is 6. The Morgan fingerprint density at radius 1 is 0.270 bits per heavy atom. The molecule has 3 aliphatic rings. The number of aromatic hydroxyl groups is 12. The van der Waals surface area contributed by atoms with Gasteiger partial charge in [0.2, 0.25) is 0 Å². The molecule has 0 aliphatic heterocycles. The van der Waals surface area contributed by atoms with Gasteiger partial charge in [0.15, 0.2) is 98.0 Å². The Balaban J connectivity index is 0.000000231. The monoisotopic (exact) mass is 1550 g/mol. The Kier molecular flexibility index (Phi) is 28.0. The molecule has 0 unspecified atom stereocenters. The Hall–Kier alpha value is -13.7. The van der Waals surface area contributed by atoms with E-state index in [0.717, 1.165) is 48.6 Å². The molecule has 3 fully saturated rings. The summed E-state index contributed by atoms with van der Waals surface area (Å²) in [6.45, 7) is 0. The number of aliphatic carboxylic acids is 3. The number of hydrogen-bond acceptors (Lipinski definition) is 33. The van der Waals surface area contributed by atoms with Crippen LogP contribution in [0.1, 0.15) is 71.9 Å². The lowest BCUT2D eigenvalue weighted by molar-refractivity contribution is -0.204. The van der Waals surface area contributed by atoms with E-state index < -0.39 is 198 Å². The summed E-state index contributed by atoms with van der Waals surface area (Å²) in [5.74, 6) is -15.9. The molecule has 21 N–H and O–H groups in total. The van der Waals surface area contributed by atoms with Gasteiger partial charge in [0.25, 0.3) is 0 Å². The van der Waals surface area contributed by atoms with Gasteiger partial charge < -0.3 is 136 Å². The molecule has 6 aromatic rings. The molecule has 0 bridgehead atoms. The predicted molar refractivity (Wildman–Crippen MR) is 376 cm³/mol. The summed E-state index contributed by atoms with van der Waals surface area (Å²) in [6.07, 6.45) is -5.58. The molecule has 36 nitrogen and oxygen atoms in total. The van der Waals surface area contributed by atoms with Crippen LogP contribution in [-0.2, 0) is 71.6 Å². The van der Waals surface area contributed by atoms with Crippen LogP contribution in [0.2, 0.25) is 0 Å². The van der Waals surface area contributed by atoms with Crippen LogP contribution in [0.5, 0.6) is 69.0 Å². The third kappa shape index (κ3) is 23.7. The summed E-state index contributed by atoms with van der Waals surface area (Å²) in [7, 11) is 0.